The Kier molecular flexibility index (Phi) is 3.01. The Morgan fingerprint density at radius 1 is 1.65 bits per heavy atom. The van der Waals surface area contributed by atoms with E-state index in [0.29, 0.717) is 0 Å². The van der Waals surface area contributed by atoms with Gasteiger partial charge in [-0.15, -0.1) is 0 Å². The molecule has 3 atom stereocenters. The summed E-state index contributed by atoms with van der Waals surface area (Å²) in [4.78, 5) is 14.9. The molecule has 0 amide bonds. The quantitative estimate of drug-likeness (QED) is 0.480. The van der Waals surface area contributed by atoms with E-state index < -0.39 is 24.1 Å². The molecule has 0 aromatic carbocycles. The van der Waals surface area contributed by atoms with Crippen LogP contribution in [-0.4, -0.2) is 43.7 Å². The third-order valence-corrected chi connectivity index (χ3v) is 2.66. The van der Waals surface area contributed by atoms with Crippen molar-refractivity contribution in [2.24, 2.45) is 0 Å². The molecule has 1 aliphatic heterocycles. The van der Waals surface area contributed by atoms with Crippen molar-refractivity contribution in [2.45, 2.75) is 24.9 Å². The number of ether oxygens (including phenoxy) is 1. The topological polar surface area (TPSA) is 131 Å². The number of nitrogen functional groups attached to an aromatic ring is 1. The monoisotopic (exact) mass is 243 g/mol. The lowest BCUT2D eigenvalue weighted by Gasteiger charge is -2.14. The zero-order valence-corrected chi connectivity index (χ0v) is 8.85. The number of aliphatic hydroxyl groups is 2. The second-order valence-corrected chi connectivity index (χ2v) is 3.82. The maximum Gasteiger partial charge on any atom is 0.351 e. The molecule has 1 aromatic rings. The molecule has 1 fully saturated rings. The van der Waals surface area contributed by atoms with Gasteiger partial charge in [0.15, 0.2) is 11.6 Å². The van der Waals surface area contributed by atoms with Crippen molar-refractivity contribution >= 4 is 5.82 Å². The molecule has 17 heavy (non-hydrogen) atoms. The number of nitrogens with zero attached hydrogens (tertiary/aromatic N) is 2. The molecular formula is C9H13N3O5. The molecule has 8 heteroatoms. The van der Waals surface area contributed by atoms with Crippen molar-refractivity contribution in [1.29, 1.82) is 0 Å². The lowest BCUT2D eigenvalue weighted by atomic mass is 10.2. The van der Waals surface area contributed by atoms with Crippen LogP contribution in [0.3, 0.4) is 0 Å². The highest BCUT2D eigenvalue weighted by atomic mass is 16.5. The third kappa shape index (κ3) is 2.09. The van der Waals surface area contributed by atoms with Crippen LogP contribution in [0.15, 0.2) is 11.0 Å². The van der Waals surface area contributed by atoms with Crippen molar-refractivity contribution in [3.63, 3.8) is 0 Å². The fraction of sp³-hybridized carbons (Fsp3) is 0.556. The molecule has 1 saturated heterocycles. The van der Waals surface area contributed by atoms with Crippen LogP contribution in [0.25, 0.3) is 0 Å². The molecular weight excluding hydrogens is 230 g/mol. The summed E-state index contributed by atoms with van der Waals surface area (Å²) in [6.45, 7) is -0.346. The molecule has 0 bridgehead atoms. The van der Waals surface area contributed by atoms with Crippen molar-refractivity contribution in [3.8, 4) is 5.75 Å². The molecule has 8 nitrogen and oxygen atoms in total. The minimum absolute atomic E-state index is 0.135. The Morgan fingerprint density at radius 2 is 2.35 bits per heavy atom. The van der Waals surface area contributed by atoms with Gasteiger partial charge in [-0.25, -0.2) is 4.79 Å². The van der Waals surface area contributed by atoms with Crippen LogP contribution >= 0.6 is 0 Å². The molecule has 1 aromatic heterocycles. The summed E-state index contributed by atoms with van der Waals surface area (Å²) >= 11 is 0. The molecule has 0 saturated carbocycles. The summed E-state index contributed by atoms with van der Waals surface area (Å²) in [5.74, 6) is -0.598. The predicted octanol–water partition coefficient (Wildman–Crippen LogP) is -1.83. The lowest BCUT2D eigenvalue weighted by molar-refractivity contribution is -0.0460. The van der Waals surface area contributed by atoms with E-state index in [-0.39, 0.29) is 24.6 Å². The van der Waals surface area contributed by atoms with Crippen LogP contribution in [0.4, 0.5) is 5.82 Å². The lowest BCUT2D eigenvalue weighted by Crippen LogP contribution is -2.28. The van der Waals surface area contributed by atoms with Crippen molar-refractivity contribution in [2.75, 3.05) is 12.3 Å². The second-order valence-electron chi connectivity index (χ2n) is 3.82. The Bertz CT molecular complexity index is 474. The molecule has 2 rings (SSSR count). The smallest absolute Gasteiger partial charge is 0.351 e. The first kappa shape index (κ1) is 11.8. The van der Waals surface area contributed by atoms with Crippen LogP contribution in [0, 0.1) is 0 Å². The van der Waals surface area contributed by atoms with Crippen LogP contribution in [0.5, 0.6) is 5.75 Å². The van der Waals surface area contributed by atoms with Gasteiger partial charge in [-0.05, 0) is 0 Å². The second kappa shape index (κ2) is 4.32. The third-order valence-electron chi connectivity index (χ3n) is 2.66. The molecule has 0 aliphatic carbocycles. The number of nitrogens with two attached hydrogens (primary N) is 1. The molecule has 1 aliphatic rings. The van der Waals surface area contributed by atoms with E-state index in [4.69, 9.17) is 15.6 Å². The summed E-state index contributed by atoms with van der Waals surface area (Å²) < 4.78 is 6.29. The minimum Gasteiger partial charge on any atom is -0.503 e. The van der Waals surface area contributed by atoms with Crippen molar-refractivity contribution in [3.05, 3.63) is 16.7 Å². The summed E-state index contributed by atoms with van der Waals surface area (Å²) in [7, 11) is 0. The van der Waals surface area contributed by atoms with E-state index in [1.807, 2.05) is 0 Å². The molecule has 1 unspecified atom stereocenters. The summed E-state index contributed by atoms with van der Waals surface area (Å²) in [5, 5.41) is 27.8. The number of aromatic nitrogens is 2. The summed E-state index contributed by atoms with van der Waals surface area (Å²) in [6, 6.07) is 0. The van der Waals surface area contributed by atoms with Crippen molar-refractivity contribution in [1.82, 2.24) is 9.55 Å². The standard InChI is InChI=1S/C9H13N3O5/c10-8-5(15)2-12(9(16)11-8)7-1-4(14)6(3-13)17-7/h2,4,6-7,13-15H,1,3H2,(H2,10,11,16)/t4?,6-,7-/m1/s1. The zero-order chi connectivity index (χ0) is 12.6. The fourth-order valence-corrected chi connectivity index (χ4v) is 1.73. The molecule has 0 radical (unpaired) electrons. The van der Waals surface area contributed by atoms with E-state index in [1.54, 1.807) is 0 Å². The van der Waals surface area contributed by atoms with Gasteiger partial charge in [0.25, 0.3) is 0 Å². The number of hydrogen-bond acceptors (Lipinski definition) is 7. The number of aliphatic hydroxyl groups excluding tert-OH is 2. The first-order chi connectivity index (χ1) is 8.02. The zero-order valence-electron chi connectivity index (χ0n) is 8.85. The van der Waals surface area contributed by atoms with Gasteiger partial charge in [0.1, 0.15) is 12.3 Å². The Labute approximate surface area is 95.9 Å². The number of anilines is 1. The van der Waals surface area contributed by atoms with E-state index in [1.165, 1.54) is 0 Å². The average Bonchev–Trinajstić information content (AvgIpc) is 2.65. The van der Waals surface area contributed by atoms with Gasteiger partial charge < -0.3 is 25.8 Å². The van der Waals surface area contributed by atoms with Crippen molar-refractivity contribution < 1.29 is 20.1 Å². The number of hydrogen-bond donors (Lipinski definition) is 4. The van der Waals surface area contributed by atoms with Gasteiger partial charge in [0, 0.05) is 6.42 Å². The highest BCUT2D eigenvalue weighted by molar-refractivity contribution is 5.41. The highest BCUT2D eigenvalue weighted by Crippen LogP contribution is 2.28. The van der Waals surface area contributed by atoms with Gasteiger partial charge in [-0.2, -0.15) is 4.98 Å². The SMILES string of the molecule is Nc1nc(=O)n([C@H]2CC(O)[C@@H](CO)O2)cc1O. The Hall–Kier alpha value is -1.64. The maximum atomic E-state index is 11.5. The maximum absolute atomic E-state index is 11.5. The van der Waals surface area contributed by atoms with E-state index in [0.717, 1.165) is 10.8 Å². The predicted molar refractivity (Wildman–Crippen MR) is 56.2 cm³/mol. The first-order valence-electron chi connectivity index (χ1n) is 5.05. The molecule has 94 valence electrons. The molecule has 0 spiro atoms. The van der Waals surface area contributed by atoms with Gasteiger partial charge >= 0.3 is 5.69 Å². The summed E-state index contributed by atoms with van der Waals surface area (Å²) in [6.07, 6.45) is -1.14. The van der Waals surface area contributed by atoms with E-state index >= 15 is 0 Å². The van der Waals surface area contributed by atoms with Gasteiger partial charge in [0.05, 0.1) is 18.9 Å². The number of rotatable bonds is 2. The highest BCUT2D eigenvalue weighted by Gasteiger charge is 2.35. The van der Waals surface area contributed by atoms with Gasteiger partial charge in [-0.1, -0.05) is 0 Å². The largest absolute Gasteiger partial charge is 0.503 e. The van der Waals surface area contributed by atoms with Crippen LogP contribution < -0.4 is 11.4 Å². The average molecular weight is 243 g/mol. The van der Waals surface area contributed by atoms with Gasteiger partial charge in [0.2, 0.25) is 0 Å². The normalized spacial score (nSPS) is 28.5. The minimum atomic E-state index is -0.864. The van der Waals surface area contributed by atoms with Crippen LogP contribution in [0.1, 0.15) is 12.6 Å². The molecule has 2 heterocycles. The Morgan fingerprint density at radius 3 is 2.94 bits per heavy atom. The summed E-state index contributed by atoms with van der Waals surface area (Å²) in [5.41, 5.74) is 4.58. The van der Waals surface area contributed by atoms with E-state index in [2.05, 4.69) is 4.98 Å². The number of aromatic hydroxyl groups is 1. The molecule has 5 N–H and O–H groups in total. The fourth-order valence-electron chi connectivity index (χ4n) is 1.73. The Balaban J connectivity index is 2.30. The van der Waals surface area contributed by atoms with Crippen LogP contribution in [0.2, 0.25) is 0 Å². The van der Waals surface area contributed by atoms with Crippen LogP contribution in [-0.2, 0) is 4.74 Å². The van der Waals surface area contributed by atoms with Gasteiger partial charge in [-0.3, -0.25) is 4.57 Å². The van der Waals surface area contributed by atoms with E-state index in [9.17, 15) is 15.0 Å². The first-order valence-corrected chi connectivity index (χ1v) is 5.05.